The Morgan fingerprint density at radius 1 is 1.04 bits per heavy atom. The highest BCUT2D eigenvalue weighted by atomic mass is 35.5. The molecule has 0 saturated heterocycles. The van der Waals surface area contributed by atoms with Crippen LogP contribution in [0.1, 0.15) is 36.4 Å². The van der Waals surface area contributed by atoms with Gasteiger partial charge >= 0.3 is 0 Å². The van der Waals surface area contributed by atoms with Gasteiger partial charge in [0.05, 0.1) is 12.1 Å². The van der Waals surface area contributed by atoms with E-state index in [2.05, 4.69) is 0 Å². The second-order valence-corrected chi connectivity index (χ2v) is 6.02. The molecule has 0 aromatic heterocycles. The van der Waals surface area contributed by atoms with E-state index in [0.29, 0.717) is 12.5 Å². The highest BCUT2D eigenvalue weighted by Crippen LogP contribution is 2.36. The Labute approximate surface area is 143 Å². The standard InChI is InChI=1S/C19H23NO2.ClH/c20-18(19(21)15-9-6-10-15)16-11-4-5-12-17(16)22-13-14-7-2-1-3-8-14;/h1-5,7-8,11-12,15,18-19,21H,6,9-10,13,20H2;1H/t18-,19+;/m0./s1. The normalized spacial score (nSPS) is 16.8. The van der Waals surface area contributed by atoms with Gasteiger partial charge in [0.1, 0.15) is 12.4 Å². The summed E-state index contributed by atoms with van der Waals surface area (Å²) in [5.41, 5.74) is 8.29. The molecule has 1 aliphatic carbocycles. The second kappa shape index (κ2) is 8.34. The first-order valence-corrected chi connectivity index (χ1v) is 7.95. The van der Waals surface area contributed by atoms with Crippen LogP contribution in [-0.2, 0) is 6.61 Å². The van der Waals surface area contributed by atoms with Gasteiger partial charge in [0.2, 0.25) is 0 Å². The van der Waals surface area contributed by atoms with Crippen molar-refractivity contribution in [2.24, 2.45) is 11.7 Å². The Bertz CT molecular complexity index is 601. The largest absolute Gasteiger partial charge is 0.489 e. The molecule has 0 bridgehead atoms. The van der Waals surface area contributed by atoms with E-state index in [-0.39, 0.29) is 12.4 Å². The first kappa shape index (κ1) is 17.8. The number of benzene rings is 2. The maximum atomic E-state index is 10.4. The van der Waals surface area contributed by atoms with Crippen LogP contribution < -0.4 is 10.5 Å². The van der Waals surface area contributed by atoms with Crippen LogP contribution in [-0.4, -0.2) is 11.2 Å². The SMILES string of the molecule is Cl.N[C@@H](c1ccccc1OCc1ccccc1)[C@H](O)C1CCC1. The molecule has 124 valence electrons. The van der Waals surface area contributed by atoms with Gasteiger partial charge in [0.15, 0.2) is 0 Å². The van der Waals surface area contributed by atoms with Gasteiger partial charge in [-0.1, -0.05) is 55.0 Å². The lowest BCUT2D eigenvalue weighted by molar-refractivity contribution is 0.0405. The topological polar surface area (TPSA) is 55.5 Å². The van der Waals surface area contributed by atoms with Crippen LogP contribution >= 0.6 is 12.4 Å². The smallest absolute Gasteiger partial charge is 0.124 e. The van der Waals surface area contributed by atoms with E-state index in [1.54, 1.807) is 0 Å². The zero-order valence-corrected chi connectivity index (χ0v) is 13.9. The molecule has 0 heterocycles. The van der Waals surface area contributed by atoms with Crippen LogP contribution in [0.4, 0.5) is 0 Å². The zero-order valence-electron chi connectivity index (χ0n) is 13.1. The molecule has 3 N–H and O–H groups in total. The summed E-state index contributed by atoms with van der Waals surface area (Å²) in [5, 5.41) is 10.4. The van der Waals surface area contributed by atoms with Crippen molar-refractivity contribution in [3.8, 4) is 5.75 Å². The van der Waals surface area contributed by atoms with Crippen molar-refractivity contribution in [1.29, 1.82) is 0 Å². The predicted octanol–water partition coefficient (Wildman–Crippen LogP) is 3.85. The molecule has 1 saturated carbocycles. The van der Waals surface area contributed by atoms with E-state index < -0.39 is 12.1 Å². The molecule has 3 nitrogen and oxygen atoms in total. The number of para-hydroxylation sites is 1. The Morgan fingerprint density at radius 2 is 1.70 bits per heavy atom. The number of ether oxygens (including phenoxy) is 1. The molecule has 2 aromatic rings. The van der Waals surface area contributed by atoms with Gasteiger partial charge in [-0.25, -0.2) is 0 Å². The molecule has 0 aliphatic heterocycles. The fourth-order valence-corrected chi connectivity index (χ4v) is 2.88. The van der Waals surface area contributed by atoms with Crippen molar-refractivity contribution in [3.05, 3.63) is 65.7 Å². The molecule has 4 heteroatoms. The fraction of sp³-hybridized carbons (Fsp3) is 0.368. The third-order valence-corrected chi connectivity index (χ3v) is 4.52. The van der Waals surface area contributed by atoms with Gasteiger partial charge < -0.3 is 15.6 Å². The van der Waals surface area contributed by atoms with E-state index in [0.717, 1.165) is 29.7 Å². The predicted molar refractivity (Wildman–Crippen MR) is 94.7 cm³/mol. The minimum Gasteiger partial charge on any atom is -0.489 e. The minimum absolute atomic E-state index is 0. The molecule has 2 atom stereocenters. The monoisotopic (exact) mass is 333 g/mol. The third kappa shape index (κ3) is 4.25. The fourth-order valence-electron chi connectivity index (χ4n) is 2.88. The van der Waals surface area contributed by atoms with Crippen molar-refractivity contribution in [2.75, 3.05) is 0 Å². The first-order valence-electron chi connectivity index (χ1n) is 7.95. The van der Waals surface area contributed by atoms with Gasteiger partial charge in [-0.3, -0.25) is 0 Å². The highest BCUT2D eigenvalue weighted by molar-refractivity contribution is 5.85. The Balaban J connectivity index is 0.00000192. The van der Waals surface area contributed by atoms with Gasteiger partial charge in [-0.05, 0) is 30.4 Å². The lowest BCUT2D eigenvalue weighted by Crippen LogP contribution is -2.36. The molecule has 1 fully saturated rings. The summed E-state index contributed by atoms with van der Waals surface area (Å²) in [5.74, 6) is 1.09. The Morgan fingerprint density at radius 3 is 2.35 bits per heavy atom. The van der Waals surface area contributed by atoms with E-state index in [1.807, 2.05) is 54.6 Å². The van der Waals surface area contributed by atoms with E-state index in [1.165, 1.54) is 6.42 Å². The maximum Gasteiger partial charge on any atom is 0.124 e. The molecule has 0 spiro atoms. The number of hydrogen-bond donors (Lipinski definition) is 2. The average Bonchev–Trinajstić information content (AvgIpc) is 2.52. The van der Waals surface area contributed by atoms with Gasteiger partial charge in [0.25, 0.3) is 0 Å². The molecule has 0 radical (unpaired) electrons. The van der Waals surface area contributed by atoms with Crippen LogP contribution in [0.15, 0.2) is 54.6 Å². The van der Waals surface area contributed by atoms with E-state index in [4.69, 9.17) is 10.5 Å². The minimum atomic E-state index is -0.491. The van der Waals surface area contributed by atoms with E-state index in [9.17, 15) is 5.11 Å². The zero-order chi connectivity index (χ0) is 15.4. The summed E-state index contributed by atoms with van der Waals surface area (Å²) < 4.78 is 5.93. The third-order valence-electron chi connectivity index (χ3n) is 4.52. The maximum absolute atomic E-state index is 10.4. The summed E-state index contributed by atoms with van der Waals surface area (Å²) in [6.07, 6.45) is 2.85. The van der Waals surface area contributed by atoms with Gasteiger partial charge in [-0.2, -0.15) is 0 Å². The van der Waals surface area contributed by atoms with E-state index >= 15 is 0 Å². The highest BCUT2D eigenvalue weighted by Gasteiger charge is 2.31. The lowest BCUT2D eigenvalue weighted by Gasteiger charge is -2.34. The number of rotatable bonds is 6. The molecule has 0 amide bonds. The Kier molecular flexibility index (Phi) is 6.46. The summed E-state index contributed by atoms with van der Waals surface area (Å²) >= 11 is 0. The van der Waals surface area contributed by atoms with Gasteiger partial charge in [-0.15, -0.1) is 12.4 Å². The van der Waals surface area contributed by atoms with Crippen LogP contribution in [0.3, 0.4) is 0 Å². The quantitative estimate of drug-likeness (QED) is 0.844. The van der Waals surface area contributed by atoms with Crippen LogP contribution in [0.5, 0.6) is 5.75 Å². The number of aliphatic hydroxyl groups is 1. The Hall–Kier alpha value is -1.55. The van der Waals surface area contributed by atoms with Crippen molar-refractivity contribution in [3.63, 3.8) is 0 Å². The molecule has 3 rings (SSSR count). The van der Waals surface area contributed by atoms with Crippen molar-refractivity contribution in [1.82, 2.24) is 0 Å². The first-order chi connectivity index (χ1) is 10.8. The molecule has 1 aliphatic rings. The molecule has 23 heavy (non-hydrogen) atoms. The van der Waals surface area contributed by atoms with Crippen molar-refractivity contribution < 1.29 is 9.84 Å². The summed E-state index contributed by atoms with van der Waals surface area (Å²) in [6, 6.07) is 17.4. The van der Waals surface area contributed by atoms with Crippen molar-refractivity contribution >= 4 is 12.4 Å². The molecule has 0 unspecified atom stereocenters. The van der Waals surface area contributed by atoms with Crippen LogP contribution in [0, 0.1) is 5.92 Å². The number of halogens is 1. The lowest BCUT2D eigenvalue weighted by atomic mass is 9.77. The van der Waals surface area contributed by atoms with Crippen molar-refractivity contribution in [2.45, 2.75) is 38.0 Å². The molecule has 2 aromatic carbocycles. The number of hydrogen-bond acceptors (Lipinski definition) is 3. The van der Waals surface area contributed by atoms with Gasteiger partial charge in [0, 0.05) is 5.56 Å². The second-order valence-electron chi connectivity index (χ2n) is 6.02. The number of aliphatic hydroxyl groups excluding tert-OH is 1. The number of nitrogens with two attached hydrogens (primary N) is 1. The van der Waals surface area contributed by atoms with Crippen LogP contribution in [0.25, 0.3) is 0 Å². The molecular formula is C19H24ClNO2. The molecular weight excluding hydrogens is 310 g/mol. The summed E-state index contributed by atoms with van der Waals surface area (Å²) in [7, 11) is 0. The average molecular weight is 334 g/mol. The van der Waals surface area contributed by atoms with Crippen LogP contribution in [0.2, 0.25) is 0 Å². The summed E-state index contributed by atoms with van der Waals surface area (Å²) in [6.45, 7) is 0.504. The summed E-state index contributed by atoms with van der Waals surface area (Å²) in [4.78, 5) is 0.